The number of fused-ring (bicyclic) bond motifs is 3. The van der Waals surface area contributed by atoms with Crippen LogP contribution in [-0.4, -0.2) is 42.3 Å². The molecule has 120 valence electrons. The van der Waals surface area contributed by atoms with E-state index < -0.39 is 11.4 Å². The predicted molar refractivity (Wildman–Crippen MR) is 84.1 cm³/mol. The van der Waals surface area contributed by atoms with Crippen molar-refractivity contribution in [1.29, 1.82) is 0 Å². The number of halogens is 2. The van der Waals surface area contributed by atoms with Crippen LogP contribution in [0.3, 0.4) is 0 Å². The van der Waals surface area contributed by atoms with Crippen molar-refractivity contribution in [3.8, 4) is 0 Å². The van der Waals surface area contributed by atoms with Crippen LogP contribution in [0.1, 0.15) is 26.3 Å². The second kappa shape index (κ2) is 5.30. The third kappa shape index (κ3) is 2.86. The first-order valence-corrected chi connectivity index (χ1v) is 7.85. The molecule has 1 fully saturated rings. The van der Waals surface area contributed by atoms with Gasteiger partial charge in [-0.25, -0.2) is 9.18 Å². The Morgan fingerprint density at radius 3 is 2.77 bits per heavy atom. The molecule has 0 spiro atoms. The summed E-state index contributed by atoms with van der Waals surface area (Å²) in [6.45, 7) is 7.42. The van der Waals surface area contributed by atoms with E-state index in [1.54, 1.807) is 11.0 Å². The Labute approximate surface area is 134 Å². The molecule has 2 aliphatic rings. The number of piperazine rings is 1. The van der Waals surface area contributed by atoms with Crippen molar-refractivity contribution in [2.45, 2.75) is 38.8 Å². The first kappa shape index (κ1) is 15.4. The van der Waals surface area contributed by atoms with Crippen molar-refractivity contribution in [1.82, 2.24) is 4.90 Å². The van der Waals surface area contributed by atoms with Crippen LogP contribution < -0.4 is 4.90 Å². The average molecular weight is 327 g/mol. The number of hydrogen-bond donors (Lipinski definition) is 0. The minimum absolute atomic E-state index is 0.155. The van der Waals surface area contributed by atoms with Gasteiger partial charge in [-0.1, -0.05) is 11.6 Å². The van der Waals surface area contributed by atoms with Crippen molar-refractivity contribution >= 4 is 23.4 Å². The van der Waals surface area contributed by atoms with E-state index in [2.05, 4.69) is 4.90 Å². The Kier molecular flexibility index (Phi) is 3.71. The Morgan fingerprint density at radius 1 is 1.36 bits per heavy atom. The summed E-state index contributed by atoms with van der Waals surface area (Å²) in [6, 6.07) is 3.36. The molecule has 6 heteroatoms. The number of ether oxygens (including phenoxy) is 1. The van der Waals surface area contributed by atoms with Crippen LogP contribution in [0.15, 0.2) is 12.1 Å². The van der Waals surface area contributed by atoms with Crippen molar-refractivity contribution in [2.24, 2.45) is 0 Å². The first-order chi connectivity index (χ1) is 10.2. The molecular weight excluding hydrogens is 307 g/mol. The predicted octanol–water partition coefficient (Wildman–Crippen LogP) is 3.46. The molecule has 1 unspecified atom stereocenters. The fraction of sp³-hybridized carbons (Fsp3) is 0.562. The van der Waals surface area contributed by atoms with Gasteiger partial charge in [0.05, 0.1) is 11.1 Å². The number of nitrogens with zero attached hydrogens (tertiary/aromatic N) is 2. The molecule has 0 aromatic heterocycles. The number of carbonyl (C=O) groups excluding carboxylic acids is 1. The summed E-state index contributed by atoms with van der Waals surface area (Å²) < 4.78 is 19.1. The van der Waals surface area contributed by atoms with Crippen LogP contribution in [0.25, 0.3) is 0 Å². The highest BCUT2D eigenvalue weighted by Crippen LogP contribution is 2.37. The number of rotatable bonds is 0. The molecule has 2 aliphatic heterocycles. The standard InChI is InChI=1S/C16H20ClFN2O2/c1-16(2,3)22-15(21)19-4-5-20-11(9-19)6-10-7-12(17)13(18)8-14(10)20/h7-8,11H,4-6,9H2,1-3H3. The molecule has 1 aromatic carbocycles. The van der Waals surface area contributed by atoms with Crippen LogP contribution in [-0.2, 0) is 11.2 Å². The van der Waals surface area contributed by atoms with Gasteiger partial charge in [0.2, 0.25) is 0 Å². The number of benzene rings is 1. The number of anilines is 1. The average Bonchev–Trinajstić information content (AvgIpc) is 2.74. The molecule has 0 radical (unpaired) electrons. The van der Waals surface area contributed by atoms with Gasteiger partial charge < -0.3 is 14.5 Å². The highest BCUT2D eigenvalue weighted by molar-refractivity contribution is 6.30. The maximum Gasteiger partial charge on any atom is 0.410 e. The van der Waals surface area contributed by atoms with E-state index in [1.807, 2.05) is 20.8 Å². The van der Waals surface area contributed by atoms with Gasteiger partial charge in [-0.15, -0.1) is 0 Å². The van der Waals surface area contributed by atoms with Crippen molar-refractivity contribution in [2.75, 3.05) is 24.5 Å². The Hall–Kier alpha value is -1.49. The summed E-state index contributed by atoms with van der Waals surface area (Å²) in [5, 5.41) is 0.155. The maximum absolute atomic E-state index is 13.7. The minimum Gasteiger partial charge on any atom is -0.444 e. The van der Waals surface area contributed by atoms with E-state index in [4.69, 9.17) is 16.3 Å². The monoisotopic (exact) mass is 326 g/mol. The topological polar surface area (TPSA) is 32.8 Å². The van der Waals surface area contributed by atoms with E-state index in [0.29, 0.717) is 19.6 Å². The zero-order chi connectivity index (χ0) is 16.1. The molecule has 0 N–H and O–H groups in total. The zero-order valence-corrected chi connectivity index (χ0v) is 13.8. The summed E-state index contributed by atoms with van der Waals surface area (Å²) in [4.78, 5) is 16.1. The number of carbonyl (C=O) groups is 1. The zero-order valence-electron chi connectivity index (χ0n) is 13.0. The van der Waals surface area contributed by atoms with Gasteiger partial charge in [-0.2, -0.15) is 0 Å². The van der Waals surface area contributed by atoms with E-state index in [1.165, 1.54) is 6.07 Å². The van der Waals surface area contributed by atoms with E-state index in [9.17, 15) is 9.18 Å². The van der Waals surface area contributed by atoms with Crippen LogP contribution in [0.2, 0.25) is 5.02 Å². The highest BCUT2D eigenvalue weighted by Gasteiger charge is 2.37. The summed E-state index contributed by atoms with van der Waals surface area (Å²) in [5.41, 5.74) is 1.45. The normalized spacial score (nSPS) is 20.7. The lowest BCUT2D eigenvalue weighted by molar-refractivity contribution is 0.0217. The van der Waals surface area contributed by atoms with Gasteiger partial charge in [0.15, 0.2) is 0 Å². The maximum atomic E-state index is 13.7. The van der Waals surface area contributed by atoms with Crippen LogP contribution in [0.4, 0.5) is 14.9 Å². The van der Waals surface area contributed by atoms with E-state index >= 15 is 0 Å². The van der Waals surface area contributed by atoms with Gasteiger partial charge in [-0.3, -0.25) is 0 Å². The van der Waals surface area contributed by atoms with Crippen molar-refractivity contribution in [3.63, 3.8) is 0 Å². The molecule has 0 bridgehead atoms. The molecule has 22 heavy (non-hydrogen) atoms. The number of amides is 1. The largest absolute Gasteiger partial charge is 0.444 e. The van der Waals surface area contributed by atoms with Crippen LogP contribution >= 0.6 is 11.6 Å². The van der Waals surface area contributed by atoms with E-state index in [0.717, 1.165) is 17.7 Å². The number of hydrogen-bond acceptors (Lipinski definition) is 3. The van der Waals surface area contributed by atoms with Gasteiger partial charge in [0.1, 0.15) is 11.4 Å². The quantitative estimate of drug-likeness (QED) is 0.732. The smallest absolute Gasteiger partial charge is 0.410 e. The third-order valence-electron chi connectivity index (χ3n) is 4.02. The van der Waals surface area contributed by atoms with Gasteiger partial charge >= 0.3 is 6.09 Å². The summed E-state index contributed by atoms with van der Waals surface area (Å²) in [6.07, 6.45) is 0.488. The third-order valence-corrected chi connectivity index (χ3v) is 4.31. The molecule has 1 saturated heterocycles. The molecule has 4 nitrogen and oxygen atoms in total. The molecule has 1 amide bonds. The fourth-order valence-electron chi connectivity index (χ4n) is 3.10. The summed E-state index contributed by atoms with van der Waals surface area (Å²) in [5.74, 6) is -0.393. The van der Waals surface area contributed by atoms with Crippen LogP contribution in [0.5, 0.6) is 0 Å². The minimum atomic E-state index is -0.497. The lowest BCUT2D eigenvalue weighted by Gasteiger charge is -2.39. The molecular formula is C16H20ClFN2O2. The van der Waals surface area contributed by atoms with E-state index in [-0.39, 0.29) is 17.2 Å². The van der Waals surface area contributed by atoms with Crippen molar-refractivity contribution < 1.29 is 13.9 Å². The molecule has 0 aliphatic carbocycles. The molecule has 0 saturated carbocycles. The Morgan fingerprint density at radius 2 is 2.09 bits per heavy atom. The molecule has 1 atom stereocenters. The summed E-state index contributed by atoms with van der Waals surface area (Å²) >= 11 is 5.86. The summed E-state index contributed by atoms with van der Waals surface area (Å²) in [7, 11) is 0. The van der Waals surface area contributed by atoms with Gasteiger partial charge in [0.25, 0.3) is 0 Å². The molecule has 1 aromatic rings. The fourth-order valence-corrected chi connectivity index (χ4v) is 3.29. The van der Waals surface area contributed by atoms with Crippen molar-refractivity contribution in [3.05, 3.63) is 28.5 Å². The second-order valence-corrected chi connectivity index (χ2v) is 7.28. The van der Waals surface area contributed by atoms with Crippen LogP contribution in [0, 0.1) is 5.82 Å². The highest BCUT2D eigenvalue weighted by atomic mass is 35.5. The first-order valence-electron chi connectivity index (χ1n) is 7.47. The Bertz CT molecular complexity index is 615. The Balaban J connectivity index is 1.73. The lowest BCUT2D eigenvalue weighted by atomic mass is 10.1. The molecule has 2 heterocycles. The van der Waals surface area contributed by atoms with Gasteiger partial charge in [0, 0.05) is 25.3 Å². The SMILES string of the molecule is CC(C)(C)OC(=O)N1CCN2c3cc(F)c(Cl)cc3CC2C1. The lowest BCUT2D eigenvalue weighted by Crippen LogP contribution is -2.54. The molecule has 3 rings (SSSR count). The second-order valence-electron chi connectivity index (χ2n) is 6.87. The van der Waals surface area contributed by atoms with Gasteiger partial charge in [-0.05, 0) is 44.9 Å².